The van der Waals surface area contributed by atoms with Crippen molar-refractivity contribution in [1.29, 1.82) is 0 Å². The molecule has 4 unspecified atom stereocenters. The van der Waals surface area contributed by atoms with E-state index in [2.05, 4.69) is 20.7 Å². The summed E-state index contributed by atoms with van der Waals surface area (Å²) in [6, 6.07) is 20.3. The van der Waals surface area contributed by atoms with Crippen LogP contribution in [0.15, 0.2) is 66.7 Å². The second kappa shape index (κ2) is 18.4. The summed E-state index contributed by atoms with van der Waals surface area (Å²) in [5, 5.41) is 21.2. The number of unbranched alkanes of at least 4 members (excludes halogenated alkanes) is 1. The minimum atomic E-state index is -0.898. The summed E-state index contributed by atoms with van der Waals surface area (Å²) in [6.45, 7) is 4.92. The van der Waals surface area contributed by atoms with Crippen LogP contribution in [0.25, 0.3) is 0 Å². The van der Waals surface area contributed by atoms with Gasteiger partial charge in [0.15, 0.2) is 0 Å². The van der Waals surface area contributed by atoms with Crippen LogP contribution in [0, 0.1) is 15.9 Å². The number of methoxy groups -OCH3 is 1. The molecular formula is C39H49FN4O9. The normalized spacial score (nSPS) is 21.2. The number of amides is 1. The predicted octanol–water partition coefficient (Wildman–Crippen LogP) is 4.97. The highest BCUT2D eigenvalue weighted by atomic mass is 19.1. The summed E-state index contributed by atoms with van der Waals surface area (Å²) in [4.78, 5) is 34.1. The Morgan fingerprint density at radius 3 is 2.66 bits per heavy atom. The summed E-state index contributed by atoms with van der Waals surface area (Å²) in [5.41, 5.74) is 3.66. The molecule has 3 aliphatic heterocycles. The van der Waals surface area contributed by atoms with E-state index in [-0.39, 0.29) is 50.6 Å². The fourth-order valence-electron chi connectivity index (χ4n) is 7.40. The molecule has 0 radical (unpaired) electrons. The second-order valence-electron chi connectivity index (χ2n) is 13.8. The van der Waals surface area contributed by atoms with E-state index in [9.17, 15) is 24.4 Å². The number of nitrogens with zero attached hydrogens (tertiary/aromatic N) is 4. The molecule has 286 valence electrons. The molecule has 4 atom stereocenters. The van der Waals surface area contributed by atoms with Gasteiger partial charge in [0, 0.05) is 64.3 Å². The van der Waals surface area contributed by atoms with Gasteiger partial charge in [-0.1, -0.05) is 24.3 Å². The van der Waals surface area contributed by atoms with E-state index in [0.29, 0.717) is 38.3 Å². The van der Waals surface area contributed by atoms with E-state index in [4.69, 9.17) is 18.9 Å². The van der Waals surface area contributed by atoms with Gasteiger partial charge in [-0.3, -0.25) is 4.79 Å². The summed E-state index contributed by atoms with van der Waals surface area (Å²) >= 11 is 0. The molecular weight excluding hydrogens is 687 g/mol. The SMILES string of the molecule is COCCCN1CCOc2ccc(COC3CN(C(=O)CCCCO[N+](=O)[O-])CC(O)C3c3ccc(OC4CCN(c5cccc(F)c5)C4)cc3)cc21. The Labute approximate surface area is 309 Å². The molecule has 3 aromatic carbocycles. The lowest BCUT2D eigenvalue weighted by molar-refractivity contribution is -0.757. The number of aliphatic hydroxyl groups is 1. The fourth-order valence-corrected chi connectivity index (χ4v) is 7.40. The van der Waals surface area contributed by atoms with Gasteiger partial charge < -0.3 is 43.6 Å². The molecule has 2 saturated heterocycles. The Balaban J connectivity index is 1.13. The first-order valence-electron chi connectivity index (χ1n) is 18.4. The first-order valence-corrected chi connectivity index (χ1v) is 18.4. The number of likely N-dealkylation sites (tertiary alicyclic amines) is 1. The standard InChI is InChI=1S/C39H49FN4O9/c1-49-19-5-16-41-18-21-50-36-14-9-28(22-34(36)41)27-51-37-26-43(38(46)8-2-3-20-52-44(47)48)25-35(45)39(37)29-10-12-32(13-11-29)53-33-15-17-42(24-33)31-7-4-6-30(40)23-31/h4,6-7,9-14,22-23,33,35,37,39,45H,2-3,5,8,15-21,24-27H2,1H3. The Morgan fingerprint density at radius 1 is 1.02 bits per heavy atom. The highest BCUT2D eigenvalue weighted by molar-refractivity contribution is 5.76. The molecule has 6 rings (SSSR count). The number of anilines is 2. The highest BCUT2D eigenvalue weighted by Gasteiger charge is 2.39. The molecule has 0 saturated carbocycles. The third-order valence-corrected chi connectivity index (χ3v) is 10.1. The van der Waals surface area contributed by atoms with Crippen LogP contribution >= 0.6 is 0 Å². The zero-order valence-corrected chi connectivity index (χ0v) is 30.1. The number of β-amino-alcohol motifs (C(OH)–C–C–N with tert-alkyl or cyclic N) is 1. The third-order valence-electron chi connectivity index (χ3n) is 10.1. The van der Waals surface area contributed by atoms with Crippen molar-refractivity contribution < 1.29 is 43.2 Å². The van der Waals surface area contributed by atoms with Crippen LogP contribution in [0.1, 0.15) is 49.1 Å². The lowest BCUT2D eigenvalue weighted by Crippen LogP contribution is -2.53. The summed E-state index contributed by atoms with van der Waals surface area (Å²) < 4.78 is 37.9. The molecule has 0 spiro atoms. The quantitative estimate of drug-likeness (QED) is 0.114. The van der Waals surface area contributed by atoms with Crippen molar-refractivity contribution in [2.45, 2.75) is 62.9 Å². The number of hydrogen-bond acceptors (Lipinski definition) is 11. The zero-order chi connectivity index (χ0) is 37.2. The van der Waals surface area contributed by atoms with Gasteiger partial charge in [-0.15, -0.1) is 10.1 Å². The van der Waals surface area contributed by atoms with E-state index in [0.717, 1.165) is 60.7 Å². The van der Waals surface area contributed by atoms with Gasteiger partial charge in [-0.2, -0.15) is 0 Å². The summed E-state index contributed by atoms with van der Waals surface area (Å²) in [6.07, 6.45) is 1.20. The molecule has 3 aliphatic rings. The molecule has 3 heterocycles. The molecule has 0 aliphatic carbocycles. The Hall–Kier alpha value is -4.66. The molecule has 14 heteroatoms. The van der Waals surface area contributed by atoms with E-state index < -0.39 is 23.2 Å². The van der Waals surface area contributed by atoms with Crippen LogP contribution in [-0.4, -0.2) is 106 Å². The van der Waals surface area contributed by atoms with E-state index >= 15 is 0 Å². The van der Waals surface area contributed by atoms with E-state index in [1.165, 1.54) is 12.1 Å². The Morgan fingerprint density at radius 2 is 1.87 bits per heavy atom. The van der Waals surface area contributed by atoms with Crippen LogP contribution in [-0.2, 0) is 25.7 Å². The van der Waals surface area contributed by atoms with Gasteiger partial charge in [0.05, 0.1) is 44.2 Å². The van der Waals surface area contributed by atoms with Gasteiger partial charge in [0.2, 0.25) is 5.91 Å². The molecule has 13 nitrogen and oxygen atoms in total. The van der Waals surface area contributed by atoms with Crippen LogP contribution < -0.4 is 19.3 Å². The van der Waals surface area contributed by atoms with Crippen LogP contribution in [0.4, 0.5) is 15.8 Å². The number of fused-ring (bicyclic) bond motifs is 1. The van der Waals surface area contributed by atoms with Crippen molar-refractivity contribution in [3.05, 3.63) is 93.8 Å². The monoisotopic (exact) mass is 736 g/mol. The van der Waals surface area contributed by atoms with Crippen LogP contribution in [0.2, 0.25) is 0 Å². The lowest BCUT2D eigenvalue weighted by atomic mass is 9.84. The van der Waals surface area contributed by atoms with Gasteiger partial charge in [-0.25, -0.2) is 4.39 Å². The molecule has 0 bridgehead atoms. The van der Waals surface area contributed by atoms with Crippen molar-refractivity contribution in [3.63, 3.8) is 0 Å². The van der Waals surface area contributed by atoms with Gasteiger partial charge in [0.1, 0.15) is 30.0 Å². The number of halogens is 1. The fraction of sp³-hybridized carbons (Fsp3) is 0.513. The molecule has 2 fully saturated rings. The average molecular weight is 737 g/mol. The largest absolute Gasteiger partial charge is 0.490 e. The number of benzene rings is 3. The number of ether oxygens (including phenoxy) is 4. The smallest absolute Gasteiger partial charge is 0.294 e. The number of hydrogen-bond donors (Lipinski definition) is 1. The first kappa shape index (κ1) is 38.1. The van der Waals surface area contributed by atoms with Crippen molar-refractivity contribution in [3.8, 4) is 11.5 Å². The van der Waals surface area contributed by atoms with Crippen molar-refractivity contribution >= 4 is 17.3 Å². The zero-order valence-electron chi connectivity index (χ0n) is 30.1. The number of rotatable bonds is 17. The van der Waals surface area contributed by atoms with Crippen molar-refractivity contribution in [2.75, 3.05) is 76.0 Å². The number of carbonyl (C=O) groups is 1. The first-order chi connectivity index (χ1) is 25.8. The minimum absolute atomic E-state index is 0.0518. The number of aliphatic hydroxyl groups excluding tert-OH is 1. The summed E-state index contributed by atoms with van der Waals surface area (Å²) in [7, 11) is 1.70. The third kappa shape index (κ3) is 10.3. The maximum Gasteiger partial charge on any atom is 0.294 e. The minimum Gasteiger partial charge on any atom is -0.490 e. The van der Waals surface area contributed by atoms with Crippen LogP contribution in [0.5, 0.6) is 11.5 Å². The number of piperidine rings is 1. The number of carbonyl (C=O) groups excluding carboxylic acids is 1. The Bertz CT molecular complexity index is 1660. The second-order valence-corrected chi connectivity index (χ2v) is 13.8. The molecule has 3 aromatic rings. The van der Waals surface area contributed by atoms with Crippen molar-refractivity contribution in [1.82, 2.24) is 4.90 Å². The van der Waals surface area contributed by atoms with E-state index in [1.54, 1.807) is 18.1 Å². The van der Waals surface area contributed by atoms with Gasteiger partial charge in [-0.05, 0) is 72.9 Å². The van der Waals surface area contributed by atoms with E-state index in [1.807, 2.05) is 42.5 Å². The molecule has 1 amide bonds. The molecule has 53 heavy (non-hydrogen) atoms. The average Bonchev–Trinajstić information content (AvgIpc) is 3.62. The predicted molar refractivity (Wildman–Crippen MR) is 195 cm³/mol. The van der Waals surface area contributed by atoms with Crippen molar-refractivity contribution in [2.24, 2.45) is 0 Å². The maximum atomic E-state index is 13.8. The highest BCUT2D eigenvalue weighted by Crippen LogP contribution is 2.36. The summed E-state index contributed by atoms with van der Waals surface area (Å²) in [5.74, 6) is 0.697. The van der Waals surface area contributed by atoms with Crippen LogP contribution in [0.3, 0.4) is 0 Å². The lowest BCUT2D eigenvalue weighted by Gasteiger charge is -2.42. The van der Waals surface area contributed by atoms with Gasteiger partial charge >= 0.3 is 0 Å². The molecule has 1 N–H and O–H groups in total. The topological polar surface area (TPSA) is 136 Å². The van der Waals surface area contributed by atoms with Gasteiger partial charge in [0.25, 0.3) is 5.09 Å². The molecule has 0 aromatic heterocycles. The Kier molecular flexibility index (Phi) is 13.2. The maximum absolute atomic E-state index is 13.8.